The van der Waals surface area contributed by atoms with Gasteiger partial charge in [-0.15, -0.1) is 0 Å². The predicted molar refractivity (Wildman–Crippen MR) is 86.9 cm³/mol. The molecule has 2 N–H and O–H groups in total. The lowest BCUT2D eigenvalue weighted by atomic mass is 10.2. The lowest BCUT2D eigenvalue weighted by Gasteiger charge is -2.15. The number of halogens is 4. The van der Waals surface area contributed by atoms with E-state index in [0.29, 0.717) is 16.6 Å². The summed E-state index contributed by atoms with van der Waals surface area (Å²) >= 11 is 11.9. The first-order valence-corrected chi connectivity index (χ1v) is 7.61. The van der Waals surface area contributed by atoms with Crippen LogP contribution in [-0.2, 0) is 11.3 Å². The van der Waals surface area contributed by atoms with E-state index in [1.54, 1.807) is 18.2 Å². The molecule has 122 valence electrons. The largest absolute Gasteiger partial charge is 0.326 e. The van der Waals surface area contributed by atoms with Crippen LogP contribution in [-0.4, -0.2) is 19.5 Å². The zero-order valence-electron chi connectivity index (χ0n) is 12.3. The third-order valence-electron chi connectivity index (χ3n) is 3.17. The van der Waals surface area contributed by atoms with E-state index in [1.165, 1.54) is 6.07 Å². The van der Waals surface area contributed by atoms with Gasteiger partial charge >= 0.3 is 0 Å². The van der Waals surface area contributed by atoms with E-state index >= 15 is 0 Å². The number of anilines is 1. The van der Waals surface area contributed by atoms with Gasteiger partial charge < -0.3 is 10.2 Å². The van der Waals surface area contributed by atoms with E-state index in [0.717, 1.165) is 22.6 Å². The maximum absolute atomic E-state index is 13.5. The van der Waals surface area contributed by atoms with Gasteiger partial charge in [-0.05, 0) is 24.3 Å². The van der Waals surface area contributed by atoms with Crippen LogP contribution in [0.1, 0.15) is 5.56 Å². The number of carbonyl (C=O) groups is 1. The molecule has 2 aromatic rings. The Hall–Kier alpha value is -1.69. The molecule has 0 bridgehead atoms. The van der Waals surface area contributed by atoms with Gasteiger partial charge in [-0.1, -0.05) is 29.3 Å². The zero-order valence-corrected chi connectivity index (χ0v) is 13.8. The molecule has 0 heterocycles. The number of benzene rings is 2. The number of likely N-dealkylation sites (N-methyl/N-ethyl adjacent to an activating group) is 1. The molecule has 0 radical (unpaired) electrons. The van der Waals surface area contributed by atoms with Gasteiger partial charge in [-0.2, -0.15) is 0 Å². The molecule has 0 saturated carbocycles. The van der Waals surface area contributed by atoms with Crippen LogP contribution in [0.5, 0.6) is 0 Å². The summed E-state index contributed by atoms with van der Waals surface area (Å²) < 4.78 is 26.3. The van der Waals surface area contributed by atoms with Gasteiger partial charge in [-0.25, -0.2) is 8.78 Å². The fourth-order valence-electron chi connectivity index (χ4n) is 2.11. The molecule has 1 unspecified atom stereocenters. The second-order valence-electron chi connectivity index (χ2n) is 5.22. The van der Waals surface area contributed by atoms with Crippen molar-refractivity contribution in [2.45, 2.75) is 6.54 Å². The molecule has 2 rings (SSSR count). The molecule has 2 aromatic carbocycles. The minimum absolute atomic E-state index is 0.0475. The van der Waals surface area contributed by atoms with Gasteiger partial charge in [0.1, 0.15) is 18.2 Å². The summed E-state index contributed by atoms with van der Waals surface area (Å²) in [5.41, 5.74) is 0.808. The number of hydrogen-bond donors (Lipinski definition) is 2. The Morgan fingerprint density at radius 2 is 1.91 bits per heavy atom. The third-order valence-corrected chi connectivity index (χ3v) is 3.76. The highest BCUT2D eigenvalue weighted by atomic mass is 35.5. The predicted octanol–water partition coefficient (Wildman–Crippen LogP) is 2.93. The zero-order chi connectivity index (χ0) is 17.0. The first kappa shape index (κ1) is 17.7. The lowest BCUT2D eigenvalue weighted by Crippen LogP contribution is -3.08. The summed E-state index contributed by atoms with van der Waals surface area (Å²) in [4.78, 5) is 12.8. The smallest absolute Gasteiger partial charge is 0.279 e. The van der Waals surface area contributed by atoms with Crippen molar-refractivity contribution in [3.63, 3.8) is 0 Å². The van der Waals surface area contributed by atoms with Crippen molar-refractivity contribution < 1.29 is 18.5 Å². The minimum atomic E-state index is -0.809. The van der Waals surface area contributed by atoms with Gasteiger partial charge in [0.15, 0.2) is 6.54 Å². The Labute approximate surface area is 142 Å². The van der Waals surface area contributed by atoms with E-state index in [2.05, 4.69) is 5.32 Å². The second kappa shape index (κ2) is 7.73. The lowest BCUT2D eigenvalue weighted by molar-refractivity contribution is -0.885. The van der Waals surface area contributed by atoms with Crippen molar-refractivity contribution in [3.8, 4) is 0 Å². The Kier molecular flexibility index (Phi) is 5.93. The Bertz CT molecular complexity index is 725. The molecule has 0 aliphatic carbocycles. The molecule has 3 nitrogen and oxygen atoms in total. The highest BCUT2D eigenvalue weighted by molar-refractivity contribution is 6.35. The summed E-state index contributed by atoms with van der Waals surface area (Å²) in [5, 5.41) is 3.49. The number of amides is 1. The van der Waals surface area contributed by atoms with Crippen molar-refractivity contribution in [3.05, 3.63) is 63.6 Å². The summed E-state index contributed by atoms with van der Waals surface area (Å²) in [6.07, 6.45) is 0. The second-order valence-corrected chi connectivity index (χ2v) is 6.06. The highest BCUT2D eigenvalue weighted by Gasteiger charge is 2.14. The van der Waals surface area contributed by atoms with Crippen molar-refractivity contribution in [2.24, 2.45) is 0 Å². The molecule has 0 saturated heterocycles. The van der Waals surface area contributed by atoms with Gasteiger partial charge in [0.2, 0.25) is 0 Å². The first-order chi connectivity index (χ1) is 10.8. The van der Waals surface area contributed by atoms with Crippen LogP contribution in [0.4, 0.5) is 14.5 Å². The Balaban J connectivity index is 1.94. The average molecular weight is 360 g/mol. The molecule has 1 amide bonds. The van der Waals surface area contributed by atoms with Crippen LogP contribution in [0.2, 0.25) is 10.0 Å². The van der Waals surface area contributed by atoms with Gasteiger partial charge in [0.05, 0.1) is 17.8 Å². The normalized spacial score (nSPS) is 12.0. The summed E-state index contributed by atoms with van der Waals surface area (Å²) in [7, 11) is 1.81. The van der Waals surface area contributed by atoms with Crippen molar-refractivity contribution >= 4 is 34.8 Å². The monoisotopic (exact) mass is 359 g/mol. The molecule has 0 aliphatic rings. The van der Waals surface area contributed by atoms with Crippen LogP contribution in [0, 0.1) is 11.6 Å². The van der Waals surface area contributed by atoms with Crippen molar-refractivity contribution in [2.75, 3.05) is 18.9 Å². The van der Waals surface area contributed by atoms with E-state index < -0.39 is 11.6 Å². The standard InChI is InChI=1S/C16H14Cl2F2N2O/c1-22(8-10-2-3-11(17)6-13(10)18)9-16(23)21-15-5-4-12(19)7-14(15)20/h2-7H,8-9H2,1H3,(H,21,23)/p+1. The first-order valence-electron chi connectivity index (χ1n) is 6.85. The fourth-order valence-corrected chi connectivity index (χ4v) is 2.59. The number of rotatable bonds is 5. The molecule has 7 heteroatoms. The van der Waals surface area contributed by atoms with Gasteiger partial charge in [-0.3, -0.25) is 4.79 Å². The SMILES string of the molecule is C[NH+](CC(=O)Nc1ccc(F)cc1F)Cc1ccc(Cl)cc1Cl. The Morgan fingerprint density at radius 3 is 2.57 bits per heavy atom. The van der Waals surface area contributed by atoms with E-state index in [1.807, 2.05) is 7.05 Å². The molecule has 0 aromatic heterocycles. The maximum atomic E-state index is 13.5. The van der Waals surface area contributed by atoms with Crippen LogP contribution < -0.4 is 10.2 Å². The average Bonchev–Trinajstić information content (AvgIpc) is 2.45. The van der Waals surface area contributed by atoms with E-state index in [-0.39, 0.29) is 18.1 Å². The Morgan fingerprint density at radius 1 is 1.17 bits per heavy atom. The minimum Gasteiger partial charge on any atom is -0.326 e. The third kappa shape index (κ3) is 5.16. The highest BCUT2D eigenvalue weighted by Crippen LogP contribution is 2.20. The molecule has 0 aliphatic heterocycles. The molecule has 23 heavy (non-hydrogen) atoms. The topological polar surface area (TPSA) is 33.5 Å². The van der Waals surface area contributed by atoms with Gasteiger partial charge in [0.25, 0.3) is 5.91 Å². The number of carbonyl (C=O) groups excluding carboxylic acids is 1. The molecule has 0 fully saturated rings. The van der Waals surface area contributed by atoms with Crippen molar-refractivity contribution in [1.29, 1.82) is 0 Å². The molecular weight excluding hydrogens is 345 g/mol. The number of quaternary nitrogens is 1. The molecular formula is C16H15Cl2F2N2O+. The number of nitrogens with one attached hydrogen (secondary N) is 2. The maximum Gasteiger partial charge on any atom is 0.279 e. The van der Waals surface area contributed by atoms with Crippen LogP contribution >= 0.6 is 23.2 Å². The molecule has 1 atom stereocenters. The van der Waals surface area contributed by atoms with E-state index in [4.69, 9.17) is 23.2 Å². The summed E-state index contributed by atoms with van der Waals surface area (Å²) in [5.74, 6) is -1.88. The molecule has 0 spiro atoms. The fraction of sp³-hybridized carbons (Fsp3) is 0.188. The van der Waals surface area contributed by atoms with Crippen LogP contribution in [0.25, 0.3) is 0 Å². The van der Waals surface area contributed by atoms with Crippen molar-refractivity contribution in [1.82, 2.24) is 0 Å². The van der Waals surface area contributed by atoms with Crippen LogP contribution in [0.15, 0.2) is 36.4 Å². The van der Waals surface area contributed by atoms with Crippen LogP contribution in [0.3, 0.4) is 0 Å². The quantitative estimate of drug-likeness (QED) is 0.845. The summed E-state index contributed by atoms with van der Waals surface area (Å²) in [6, 6.07) is 8.16. The summed E-state index contributed by atoms with van der Waals surface area (Å²) in [6.45, 7) is 0.616. The van der Waals surface area contributed by atoms with Gasteiger partial charge in [0, 0.05) is 16.7 Å². The van der Waals surface area contributed by atoms with E-state index in [9.17, 15) is 13.6 Å². The number of hydrogen-bond acceptors (Lipinski definition) is 1.